The normalized spacial score (nSPS) is 10.4. The Labute approximate surface area is 111 Å². The van der Waals surface area contributed by atoms with Crippen molar-refractivity contribution in [3.05, 3.63) is 59.2 Å². The zero-order chi connectivity index (χ0) is 13.7. The Hall–Kier alpha value is -2.27. The maximum Gasteiger partial charge on any atom is 0.354 e. The number of carbonyl (C=O) groups is 1. The molecule has 19 heavy (non-hydrogen) atoms. The van der Waals surface area contributed by atoms with Gasteiger partial charge >= 0.3 is 5.97 Å². The quantitative estimate of drug-likeness (QED) is 0.853. The lowest BCUT2D eigenvalue weighted by Crippen LogP contribution is -2.16. The molecule has 0 saturated carbocycles. The highest BCUT2D eigenvalue weighted by molar-refractivity contribution is 5.85. The van der Waals surface area contributed by atoms with E-state index in [0.29, 0.717) is 18.8 Å². The number of hydrogen-bond acceptors (Lipinski definition) is 4. The lowest BCUT2D eigenvalue weighted by molar-refractivity contribution is 0.0690. The van der Waals surface area contributed by atoms with Gasteiger partial charge in [-0.15, -0.1) is 0 Å². The van der Waals surface area contributed by atoms with E-state index in [4.69, 9.17) is 5.11 Å². The summed E-state index contributed by atoms with van der Waals surface area (Å²) in [7, 11) is 0. The van der Waals surface area contributed by atoms with E-state index in [-0.39, 0.29) is 5.69 Å². The van der Waals surface area contributed by atoms with Gasteiger partial charge in [-0.05, 0) is 30.7 Å². The van der Waals surface area contributed by atoms with Gasteiger partial charge in [-0.3, -0.25) is 4.98 Å². The first kappa shape index (κ1) is 13.2. The molecule has 2 aromatic heterocycles. The average Bonchev–Trinajstić information content (AvgIpc) is 2.41. The van der Waals surface area contributed by atoms with Crippen molar-refractivity contribution in [2.75, 3.05) is 0 Å². The predicted molar refractivity (Wildman–Crippen MR) is 70.7 cm³/mol. The minimum Gasteiger partial charge on any atom is -0.477 e. The van der Waals surface area contributed by atoms with Crippen LogP contribution in [0.2, 0.25) is 0 Å². The van der Waals surface area contributed by atoms with Crippen molar-refractivity contribution >= 4 is 5.97 Å². The van der Waals surface area contributed by atoms with Crippen LogP contribution in [0.5, 0.6) is 0 Å². The van der Waals surface area contributed by atoms with Crippen molar-refractivity contribution in [2.24, 2.45) is 0 Å². The van der Waals surface area contributed by atoms with E-state index < -0.39 is 5.97 Å². The zero-order valence-electron chi connectivity index (χ0n) is 10.6. The largest absolute Gasteiger partial charge is 0.477 e. The average molecular weight is 257 g/mol. The molecule has 0 radical (unpaired) electrons. The number of hydrogen-bond donors (Lipinski definition) is 2. The SMILES string of the molecule is Cc1cccnc1CNCc1cccc(C(=O)O)n1. The van der Waals surface area contributed by atoms with Gasteiger partial charge in [0.25, 0.3) is 0 Å². The van der Waals surface area contributed by atoms with Crippen LogP contribution in [-0.4, -0.2) is 21.0 Å². The number of carboxylic acids is 1. The molecule has 2 N–H and O–H groups in total. The van der Waals surface area contributed by atoms with E-state index in [2.05, 4.69) is 15.3 Å². The Kier molecular flexibility index (Phi) is 4.20. The Morgan fingerprint density at radius 2 is 2.11 bits per heavy atom. The summed E-state index contributed by atoms with van der Waals surface area (Å²) in [5.74, 6) is -1.01. The van der Waals surface area contributed by atoms with Crippen LogP contribution in [0.15, 0.2) is 36.5 Å². The molecule has 5 heteroatoms. The number of aromatic carboxylic acids is 1. The number of rotatable bonds is 5. The summed E-state index contributed by atoms with van der Waals surface area (Å²) < 4.78 is 0. The monoisotopic (exact) mass is 257 g/mol. The number of aryl methyl sites for hydroxylation is 1. The summed E-state index contributed by atoms with van der Waals surface area (Å²) >= 11 is 0. The van der Waals surface area contributed by atoms with Crippen LogP contribution < -0.4 is 5.32 Å². The lowest BCUT2D eigenvalue weighted by Gasteiger charge is -2.06. The standard InChI is InChI=1S/C14H15N3O2/c1-10-4-3-7-16-13(10)9-15-8-11-5-2-6-12(17-11)14(18)19/h2-7,15H,8-9H2,1H3,(H,18,19). The second-order valence-electron chi connectivity index (χ2n) is 4.19. The van der Waals surface area contributed by atoms with E-state index in [9.17, 15) is 4.79 Å². The molecule has 0 spiro atoms. The first-order valence-electron chi connectivity index (χ1n) is 5.97. The van der Waals surface area contributed by atoms with E-state index >= 15 is 0 Å². The molecule has 2 aromatic rings. The van der Waals surface area contributed by atoms with Crippen molar-refractivity contribution < 1.29 is 9.90 Å². The molecule has 0 fully saturated rings. The van der Waals surface area contributed by atoms with Crippen molar-refractivity contribution in [1.82, 2.24) is 15.3 Å². The van der Waals surface area contributed by atoms with Gasteiger partial charge in [-0.1, -0.05) is 12.1 Å². The fourth-order valence-corrected chi connectivity index (χ4v) is 1.71. The maximum absolute atomic E-state index is 10.8. The second kappa shape index (κ2) is 6.06. The van der Waals surface area contributed by atoms with Gasteiger partial charge in [0.1, 0.15) is 5.69 Å². The van der Waals surface area contributed by atoms with Gasteiger partial charge in [0, 0.05) is 19.3 Å². The molecule has 0 bridgehead atoms. The van der Waals surface area contributed by atoms with Gasteiger partial charge in [0.2, 0.25) is 0 Å². The summed E-state index contributed by atoms with van der Waals surface area (Å²) in [6.45, 7) is 3.15. The number of nitrogens with zero attached hydrogens (tertiary/aromatic N) is 2. The van der Waals surface area contributed by atoms with Crippen LogP contribution in [0.4, 0.5) is 0 Å². The maximum atomic E-state index is 10.8. The fraction of sp³-hybridized carbons (Fsp3) is 0.214. The predicted octanol–water partition coefficient (Wildman–Crippen LogP) is 1.77. The smallest absolute Gasteiger partial charge is 0.354 e. The molecule has 98 valence electrons. The lowest BCUT2D eigenvalue weighted by atomic mass is 10.2. The first-order chi connectivity index (χ1) is 9.16. The van der Waals surface area contributed by atoms with E-state index in [1.165, 1.54) is 6.07 Å². The molecule has 2 heterocycles. The topological polar surface area (TPSA) is 75.1 Å². The Morgan fingerprint density at radius 1 is 1.26 bits per heavy atom. The number of pyridine rings is 2. The molecule has 0 atom stereocenters. The molecular formula is C14H15N3O2. The van der Waals surface area contributed by atoms with Crippen molar-refractivity contribution in [3.8, 4) is 0 Å². The molecule has 0 aromatic carbocycles. The first-order valence-corrected chi connectivity index (χ1v) is 5.97. The minimum atomic E-state index is -1.01. The van der Waals surface area contributed by atoms with Gasteiger partial charge in [0.05, 0.1) is 11.4 Å². The van der Waals surface area contributed by atoms with Gasteiger partial charge in [-0.2, -0.15) is 0 Å². The molecule has 0 aliphatic carbocycles. The van der Waals surface area contributed by atoms with Crippen LogP contribution in [-0.2, 0) is 13.1 Å². The van der Waals surface area contributed by atoms with Gasteiger partial charge in [-0.25, -0.2) is 9.78 Å². The van der Waals surface area contributed by atoms with Crippen LogP contribution in [0.1, 0.15) is 27.4 Å². The highest BCUT2D eigenvalue weighted by atomic mass is 16.4. The number of nitrogens with one attached hydrogen (secondary N) is 1. The highest BCUT2D eigenvalue weighted by Gasteiger charge is 2.05. The molecule has 2 rings (SSSR count). The summed E-state index contributed by atoms with van der Waals surface area (Å²) in [5.41, 5.74) is 2.88. The summed E-state index contributed by atoms with van der Waals surface area (Å²) in [6, 6.07) is 8.88. The number of carboxylic acid groups (broad SMARTS) is 1. The van der Waals surface area contributed by atoms with Crippen LogP contribution in [0.3, 0.4) is 0 Å². The van der Waals surface area contributed by atoms with Crippen LogP contribution in [0.25, 0.3) is 0 Å². The summed E-state index contributed by atoms with van der Waals surface area (Å²) in [4.78, 5) is 19.1. The third-order valence-corrected chi connectivity index (χ3v) is 2.74. The third kappa shape index (κ3) is 3.59. The molecule has 0 amide bonds. The van der Waals surface area contributed by atoms with Crippen molar-refractivity contribution in [3.63, 3.8) is 0 Å². The number of aromatic nitrogens is 2. The third-order valence-electron chi connectivity index (χ3n) is 2.74. The molecule has 0 saturated heterocycles. The van der Waals surface area contributed by atoms with Gasteiger partial charge in [0.15, 0.2) is 0 Å². The highest BCUT2D eigenvalue weighted by Crippen LogP contribution is 2.03. The van der Waals surface area contributed by atoms with E-state index in [1.807, 2.05) is 19.1 Å². The second-order valence-corrected chi connectivity index (χ2v) is 4.19. The van der Waals surface area contributed by atoms with Crippen LogP contribution in [0, 0.1) is 6.92 Å². The summed E-state index contributed by atoms with van der Waals surface area (Å²) in [6.07, 6.45) is 1.76. The Morgan fingerprint density at radius 3 is 2.84 bits per heavy atom. The Bertz CT molecular complexity index is 584. The zero-order valence-corrected chi connectivity index (χ0v) is 10.6. The van der Waals surface area contributed by atoms with Crippen molar-refractivity contribution in [2.45, 2.75) is 20.0 Å². The minimum absolute atomic E-state index is 0.0633. The molecule has 0 aliphatic rings. The summed E-state index contributed by atoms with van der Waals surface area (Å²) in [5, 5.41) is 12.1. The van der Waals surface area contributed by atoms with Gasteiger partial charge < -0.3 is 10.4 Å². The van der Waals surface area contributed by atoms with Crippen molar-refractivity contribution in [1.29, 1.82) is 0 Å². The molecule has 0 unspecified atom stereocenters. The molecule has 5 nitrogen and oxygen atoms in total. The fourth-order valence-electron chi connectivity index (χ4n) is 1.71. The molecule has 0 aliphatic heterocycles. The van der Waals surface area contributed by atoms with Crippen LogP contribution >= 0.6 is 0 Å². The van der Waals surface area contributed by atoms with E-state index in [0.717, 1.165) is 11.3 Å². The molecular weight excluding hydrogens is 242 g/mol. The van der Waals surface area contributed by atoms with E-state index in [1.54, 1.807) is 18.3 Å². The Balaban J connectivity index is 1.94.